The molecule has 0 spiro atoms. The number of para-hydroxylation sites is 1. The van der Waals surface area contributed by atoms with Crippen molar-refractivity contribution in [2.75, 3.05) is 11.9 Å². The van der Waals surface area contributed by atoms with Crippen LogP contribution in [0.15, 0.2) is 65.0 Å². The first kappa shape index (κ1) is 15.9. The molecule has 1 aliphatic heterocycles. The molecular weight excluding hydrogens is 352 g/mol. The zero-order chi connectivity index (χ0) is 16.6. The SMILES string of the molecule is CN1C(=CC(=O)C[n+]2cccc(Br)c2)C(C)(C)c2ccccc21. The van der Waals surface area contributed by atoms with Crippen molar-refractivity contribution in [1.29, 1.82) is 0 Å². The number of ketones is 1. The van der Waals surface area contributed by atoms with Gasteiger partial charge in [0.05, 0.1) is 4.47 Å². The van der Waals surface area contributed by atoms with Crippen LogP contribution in [0.1, 0.15) is 19.4 Å². The van der Waals surface area contributed by atoms with Gasteiger partial charge in [-0.05, 0) is 33.6 Å². The third-order valence-corrected chi connectivity index (χ3v) is 4.87. The molecule has 0 radical (unpaired) electrons. The summed E-state index contributed by atoms with van der Waals surface area (Å²) in [5.41, 5.74) is 3.31. The van der Waals surface area contributed by atoms with Crippen LogP contribution in [0.2, 0.25) is 0 Å². The molecule has 0 saturated carbocycles. The first-order chi connectivity index (χ1) is 10.9. The van der Waals surface area contributed by atoms with Gasteiger partial charge in [-0.3, -0.25) is 4.79 Å². The van der Waals surface area contributed by atoms with Gasteiger partial charge in [-0.1, -0.05) is 32.0 Å². The van der Waals surface area contributed by atoms with Crippen molar-refractivity contribution >= 4 is 27.4 Å². The van der Waals surface area contributed by atoms with Crippen LogP contribution in [0, 0.1) is 0 Å². The second kappa shape index (κ2) is 5.93. The third-order valence-electron chi connectivity index (χ3n) is 4.40. The van der Waals surface area contributed by atoms with Crippen LogP contribution in [0.4, 0.5) is 5.69 Å². The van der Waals surface area contributed by atoms with Crippen LogP contribution in [0.5, 0.6) is 0 Å². The van der Waals surface area contributed by atoms with Gasteiger partial charge in [0.1, 0.15) is 0 Å². The standard InChI is InChI=1S/C19H20BrN2O/c1-19(2)16-8-4-5-9-17(16)21(3)18(19)11-15(23)13-22-10-6-7-14(20)12-22/h4-12H,13H2,1-3H3/q+1. The molecule has 0 bridgehead atoms. The molecule has 118 valence electrons. The minimum atomic E-state index is -0.164. The first-order valence-corrected chi connectivity index (χ1v) is 8.42. The fourth-order valence-electron chi connectivity index (χ4n) is 3.23. The van der Waals surface area contributed by atoms with Crippen LogP contribution in [0.25, 0.3) is 0 Å². The van der Waals surface area contributed by atoms with E-state index in [0.717, 1.165) is 10.2 Å². The fourth-order valence-corrected chi connectivity index (χ4v) is 3.64. The van der Waals surface area contributed by atoms with Crippen molar-refractivity contribution in [3.63, 3.8) is 0 Å². The molecule has 0 N–H and O–H groups in total. The summed E-state index contributed by atoms with van der Waals surface area (Å²) in [4.78, 5) is 14.6. The molecule has 0 aliphatic carbocycles. The van der Waals surface area contributed by atoms with Gasteiger partial charge in [-0.2, -0.15) is 4.57 Å². The first-order valence-electron chi connectivity index (χ1n) is 7.62. The molecule has 2 heterocycles. The van der Waals surface area contributed by atoms with E-state index in [0.29, 0.717) is 6.54 Å². The summed E-state index contributed by atoms with van der Waals surface area (Å²) in [6, 6.07) is 12.2. The lowest BCUT2D eigenvalue weighted by Gasteiger charge is -2.23. The minimum absolute atomic E-state index is 0.0934. The number of allylic oxidation sites excluding steroid dienone is 2. The van der Waals surface area contributed by atoms with Crippen LogP contribution < -0.4 is 9.47 Å². The summed E-state index contributed by atoms with van der Waals surface area (Å²) in [5.74, 6) is 0.0934. The molecule has 3 nitrogen and oxygen atoms in total. The third kappa shape index (κ3) is 2.95. The maximum Gasteiger partial charge on any atom is 0.222 e. The topological polar surface area (TPSA) is 24.2 Å². The lowest BCUT2D eigenvalue weighted by atomic mass is 9.83. The number of carbonyl (C=O) groups excluding carboxylic acids is 1. The Kier molecular flexibility index (Phi) is 4.11. The number of benzene rings is 1. The lowest BCUT2D eigenvalue weighted by molar-refractivity contribution is -0.684. The van der Waals surface area contributed by atoms with E-state index in [2.05, 4.69) is 52.9 Å². The molecule has 1 aromatic heterocycles. The van der Waals surface area contributed by atoms with Crippen LogP contribution in [-0.2, 0) is 16.8 Å². The molecule has 1 aromatic carbocycles. The van der Waals surface area contributed by atoms with Crippen LogP contribution >= 0.6 is 15.9 Å². The van der Waals surface area contributed by atoms with Gasteiger partial charge in [0.15, 0.2) is 12.4 Å². The summed E-state index contributed by atoms with van der Waals surface area (Å²) < 4.78 is 2.85. The van der Waals surface area contributed by atoms with Gasteiger partial charge in [0.25, 0.3) is 0 Å². The van der Waals surface area contributed by atoms with Crippen molar-refractivity contribution in [3.05, 3.63) is 70.6 Å². The largest absolute Gasteiger partial charge is 0.347 e. The molecule has 2 aromatic rings. The summed E-state index contributed by atoms with van der Waals surface area (Å²) in [7, 11) is 2.03. The Bertz CT molecular complexity index is 795. The zero-order valence-corrected chi connectivity index (χ0v) is 15.2. The molecule has 0 atom stereocenters. The molecule has 3 rings (SSSR count). The molecular formula is C19H20BrN2O+. The van der Waals surface area contributed by atoms with E-state index in [1.165, 1.54) is 11.3 Å². The van der Waals surface area contributed by atoms with Gasteiger partial charge in [0, 0.05) is 36.0 Å². The highest BCUT2D eigenvalue weighted by Gasteiger charge is 2.38. The highest BCUT2D eigenvalue weighted by atomic mass is 79.9. The highest BCUT2D eigenvalue weighted by Crippen LogP contribution is 2.46. The number of halogens is 1. The number of nitrogens with zero attached hydrogens (tertiary/aromatic N) is 2. The Morgan fingerprint density at radius 1 is 1.26 bits per heavy atom. The normalized spacial score (nSPS) is 17.4. The number of fused-ring (bicyclic) bond motifs is 1. The average molecular weight is 372 g/mol. The van der Waals surface area contributed by atoms with Gasteiger partial charge in [-0.25, -0.2) is 0 Å². The minimum Gasteiger partial charge on any atom is -0.347 e. The summed E-state index contributed by atoms with van der Waals surface area (Å²) in [6.45, 7) is 4.67. The second-order valence-corrected chi connectivity index (χ2v) is 7.31. The van der Waals surface area contributed by atoms with Gasteiger partial charge < -0.3 is 4.90 Å². The predicted molar refractivity (Wildman–Crippen MR) is 95.3 cm³/mol. The maximum atomic E-state index is 12.5. The van der Waals surface area contributed by atoms with E-state index in [1.54, 1.807) is 6.08 Å². The molecule has 1 aliphatic rings. The number of anilines is 1. The second-order valence-electron chi connectivity index (χ2n) is 6.39. The van der Waals surface area contributed by atoms with Gasteiger partial charge >= 0.3 is 0 Å². The van der Waals surface area contributed by atoms with Crippen molar-refractivity contribution in [2.24, 2.45) is 0 Å². The molecule has 0 unspecified atom stereocenters. The predicted octanol–water partition coefficient (Wildman–Crippen LogP) is 3.62. The monoisotopic (exact) mass is 371 g/mol. The van der Waals surface area contributed by atoms with Crippen molar-refractivity contribution < 1.29 is 9.36 Å². The number of pyridine rings is 1. The zero-order valence-electron chi connectivity index (χ0n) is 13.6. The fraction of sp³-hybridized carbons (Fsp3) is 0.263. The Balaban J connectivity index is 1.89. The Morgan fingerprint density at radius 3 is 2.70 bits per heavy atom. The Morgan fingerprint density at radius 2 is 2.00 bits per heavy atom. The number of rotatable bonds is 3. The van der Waals surface area contributed by atoms with Gasteiger partial charge in [0.2, 0.25) is 12.3 Å². The summed E-state index contributed by atoms with van der Waals surface area (Å²) in [5, 5.41) is 0. The van der Waals surface area contributed by atoms with E-state index in [9.17, 15) is 4.79 Å². The molecule has 0 saturated heterocycles. The summed E-state index contributed by atoms with van der Waals surface area (Å²) in [6.07, 6.45) is 5.60. The molecule has 4 heteroatoms. The van der Waals surface area contributed by atoms with Crippen molar-refractivity contribution in [1.82, 2.24) is 0 Å². The number of aromatic nitrogens is 1. The molecule has 0 fully saturated rings. The number of hydrogen-bond acceptors (Lipinski definition) is 2. The van der Waals surface area contributed by atoms with E-state index < -0.39 is 0 Å². The number of likely N-dealkylation sites (N-methyl/N-ethyl adjacent to an activating group) is 1. The van der Waals surface area contributed by atoms with Crippen molar-refractivity contribution in [3.8, 4) is 0 Å². The quantitative estimate of drug-likeness (QED) is 0.607. The molecule has 0 amide bonds. The number of carbonyl (C=O) groups is 1. The van der Waals surface area contributed by atoms with E-state index >= 15 is 0 Å². The van der Waals surface area contributed by atoms with Crippen LogP contribution in [-0.4, -0.2) is 12.8 Å². The van der Waals surface area contributed by atoms with E-state index in [4.69, 9.17) is 0 Å². The van der Waals surface area contributed by atoms with E-state index in [1.807, 2.05) is 42.2 Å². The highest BCUT2D eigenvalue weighted by molar-refractivity contribution is 9.10. The molecule has 23 heavy (non-hydrogen) atoms. The average Bonchev–Trinajstić information content (AvgIpc) is 2.69. The van der Waals surface area contributed by atoms with Crippen LogP contribution in [0.3, 0.4) is 0 Å². The lowest BCUT2D eigenvalue weighted by Crippen LogP contribution is -2.37. The Labute approximate surface area is 145 Å². The van der Waals surface area contributed by atoms with E-state index in [-0.39, 0.29) is 11.2 Å². The van der Waals surface area contributed by atoms with Crippen molar-refractivity contribution in [2.45, 2.75) is 25.8 Å². The maximum absolute atomic E-state index is 12.5. The Hall–Kier alpha value is -1.94. The summed E-state index contributed by atoms with van der Waals surface area (Å²) >= 11 is 3.43. The van der Waals surface area contributed by atoms with Gasteiger partial charge in [-0.15, -0.1) is 0 Å². The number of hydrogen-bond donors (Lipinski definition) is 0. The smallest absolute Gasteiger partial charge is 0.222 e.